The Bertz CT molecular complexity index is 1170. The highest BCUT2D eigenvalue weighted by molar-refractivity contribution is 7.92. The van der Waals surface area contributed by atoms with Crippen LogP contribution in [0.5, 0.6) is 0 Å². The van der Waals surface area contributed by atoms with E-state index >= 15 is 0 Å². The van der Waals surface area contributed by atoms with Gasteiger partial charge in [-0.3, -0.25) is 9.10 Å². The predicted molar refractivity (Wildman–Crippen MR) is 127 cm³/mol. The quantitative estimate of drug-likeness (QED) is 0.516. The molecule has 0 unspecified atom stereocenters. The second-order valence-electron chi connectivity index (χ2n) is 8.60. The highest BCUT2D eigenvalue weighted by Gasteiger charge is 2.36. The molecule has 2 aromatic rings. The second-order valence-corrected chi connectivity index (χ2v) is 10.9. The van der Waals surface area contributed by atoms with Crippen molar-refractivity contribution in [1.82, 2.24) is 5.32 Å². The molecule has 1 aliphatic carbocycles. The van der Waals surface area contributed by atoms with Crippen LogP contribution in [-0.2, 0) is 33.8 Å². The summed E-state index contributed by atoms with van der Waals surface area (Å²) in [6, 6.07) is 7.24. The van der Waals surface area contributed by atoms with Gasteiger partial charge in [-0.15, -0.1) is 0 Å². The summed E-state index contributed by atoms with van der Waals surface area (Å²) < 4.78 is 65.8. The molecule has 0 saturated carbocycles. The highest BCUT2D eigenvalue weighted by Crippen LogP contribution is 2.38. The van der Waals surface area contributed by atoms with Gasteiger partial charge in [-0.05, 0) is 73.9 Å². The Morgan fingerprint density at radius 2 is 1.76 bits per heavy atom. The minimum atomic E-state index is -4.78. The number of hydrogen-bond donors (Lipinski definition) is 1. The predicted octanol–water partition coefficient (Wildman–Crippen LogP) is 5.66. The Balaban J connectivity index is 1.89. The number of sulfonamides is 1. The molecule has 0 bridgehead atoms. The maximum atomic E-state index is 13.3. The number of alkyl halides is 3. The van der Waals surface area contributed by atoms with Gasteiger partial charge in [-0.2, -0.15) is 13.2 Å². The number of rotatable bonds is 7. The second kappa shape index (κ2) is 10.2. The first-order chi connectivity index (χ1) is 15.8. The molecule has 1 aliphatic rings. The number of anilines is 1. The number of benzene rings is 2. The summed E-state index contributed by atoms with van der Waals surface area (Å²) >= 11 is 5.68. The SMILES string of the molecule is CC[C@H](NC(=O)[C@@H](C)N(c1ccc(Cl)c(C(F)(F)F)c1)S(C)(=O)=O)c1ccc2c(c1)CCCC2. The van der Waals surface area contributed by atoms with E-state index in [4.69, 9.17) is 11.6 Å². The van der Waals surface area contributed by atoms with Crippen molar-refractivity contribution in [2.45, 2.75) is 64.2 Å². The fourth-order valence-corrected chi connectivity index (χ4v) is 5.75. The minimum absolute atomic E-state index is 0.288. The zero-order valence-corrected chi connectivity index (χ0v) is 20.8. The molecule has 10 heteroatoms. The van der Waals surface area contributed by atoms with E-state index in [1.807, 2.05) is 13.0 Å². The smallest absolute Gasteiger partial charge is 0.347 e. The first kappa shape index (κ1) is 26.3. The van der Waals surface area contributed by atoms with Gasteiger partial charge in [-0.25, -0.2) is 8.42 Å². The van der Waals surface area contributed by atoms with E-state index < -0.39 is 38.7 Å². The average molecular weight is 517 g/mol. The van der Waals surface area contributed by atoms with Gasteiger partial charge in [0.15, 0.2) is 0 Å². The molecule has 0 spiro atoms. The van der Waals surface area contributed by atoms with Gasteiger partial charge >= 0.3 is 6.18 Å². The van der Waals surface area contributed by atoms with Gasteiger partial charge in [0.25, 0.3) is 0 Å². The van der Waals surface area contributed by atoms with Crippen molar-refractivity contribution in [3.05, 3.63) is 63.7 Å². The fourth-order valence-electron chi connectivity index (χ4n) is 4.36. The first-order valence-corrected chi connectivity index (χ1v) is 13.3. The normalized spacial score (nSPS) is 15.9. The highest BCUT2D eigenvalue weighted by atomic mass is 35.5. The average Bonchev–Trinajstić information content (AvgIpc) is 2.76. The molecule has 3 rings (SSSR count). The van der Waals surface area contributed by atoms with E-state index in [9.17, 15) is 26.4 Å². The van der Waals surface area contributed by atoms with Crippen molar-refractivity contribution >= 4 is 33.2 Å². The minimum Gasteiger partial charge on any atom is -0.347 e. The summed E-state index contributed by atoms with van der Waals surface area (Å²) in [6.45, 7) is 3.25. The van der Waals surface area contributed by atoms with E-state index in [0.717, 1.165) is 49.6 Å². The largest absolute Gasteiger partial charge is 0.417 e. The molecule has 2 atom stereocenters. The number of carbonyl (C=O) groups is 1. The fraction of sp³-hybridized carbons (Fsp3) is 0.458. The number of nitrogens with zero attached hydrogens (tertiary/aromatic N) is 1. The van der Waals surface area contributed by atoms with Crippen molar-refractivity contribution < 1.29 is 26.4 Å². The lowest BCUT2D eigenvalue weighted by Gasteiger charge is -2.30. The van der Waals surface area contributed by atoms with E-state index in [1.165, 1.54) is 18.1 Å². The van der Waals surface area contributed by atoms with Gasteiger partial charge in [0.2, 0.25) is 15.9 Å². The number of nitrogens with one attached hydrogen (secondary N) is 1. The topological polar surface area (TPSA) is 66.5 Å². The molecule has 1 N–H and O–H groups in total. The summed E-state index contributed by atoms with van der Waals surface area (Å²) in [5.41, 5.74) is 2.01. The van der Waals surface area contributed by atoms with Crippen molar-refractivity contribution in [2.75, 3.05) is 10.6 Å². The lowest BCUT2D eigenvalue weighted by Crippen LogP contribution is -2.48. The van der Waals surface area contributed by atoms with Crippen LogP contribution in [0.1, 0.15) is 61.4 Å². The van der Waals surface area contributed by atoms with E-state index in [0.29, 0.717) is 16.8 Å². The molecule has 5 nitrogen and oxygen atoms in total. The molecule has 2 aromatic carbocycles. The van der Waals surface area contributed by atoms with Gasteiger partial charge in [0.1, 0.15) is 6.04 Å². The van der Waals surface area contributed by atoms with Crippen LogP contribution in [0.25, 0.3) is 0 Å². The third-order valence-electron chi connectivity index (χ3n) is 6.10. The Morgan fingerprint density at radius 1 is 1.12 bits per heavy atom. The van der Waals surface area contributed by atoms with Crippen molar-refractivity contribution in [3.63, 3.8) is 0 Å². The van der Waals surface area contributed by atoms with Gasteiger partial charge in [0, 0.05) is 0 Å². The molecule has 0 aliphatic heterocycles. The van der Waals surface area contributed by atoms with Gasteiger partial charge < -0.3 is 5.32 Å². The number of fused-ring (bicyclic) bond motifs is 1. The third kappa shape index (κ3) is 5.86. The summed E-state index contributed by atoms with van der Waals surface area (Å²) in [6.07, 6.45) is 0.904. The maximum absolute atomic E-state index is 13.3. The number of amides is 1. The lowest BCUT2D eigenvalue weighted by atomic mass is 9.88. The number of halogens is 4. The zero-order chi connectivity index (χ0) is 25.3. The summed E-state index contributed by atoms with van der Waals surface area (Å²) in [4.78, 5) is 13.1. The van der Waals surface area contributed by atoms with Crippen LogP contribution in [-0.4, -0.2) is 26.6 Å². The van der Waals surface area contributed by atoms with Crippen molar-refractivity contribution in [2.24, 2.45) is 0 Å². The standard InChI is InChI=1S/C24H28ClF3N2O3S/c1-4-22(18-10-9-16-7-5-6-8-17(16)13-18)29-23(31)15(2)30(34(3,32)33)19-11-12-21(25)20(14-19)24(26,27)28/h9-15,22H,4-8H2,1-3H3,(H,29,31)/t15-,22+/m1/s1. The molecular formula is C24H28ClF3N2O3S. The van der Waals surface area contributed by atoms with Crippen LogP contribution in [0.4, 0.5) is 18.9 Å². The number of carbonyl (C=O) groups excluding carboxylic acids is 1. The summed E-state index contributed by atoms with van der Waals surface area (Å²) in [7, 11) is -4.09. The van der Waals surface area contributed by atoms with Crippen LogP contribution in [0.15, 0.2) is 36.4 Å². The zero-order valence-electron chi connectivity index (χ0n) is 19.2. The molecule has 0 fully saturated rings. The summed E-state index contributed by atoms with van der Waals surface area (Å²) in [5.74, 6) is -0.612. The van der Waals surface area contributed by atoms with Crippen LogP contribution in [0.3, 0.4) is 0 Å². The van der Waals surface area contributed by atoms with E-state index in [-0.39, 0.29) is 11.7 Å². The molecular weight excluding hydrogens is 489 g/mol. The van der Waals surface area contributed by atoms with Crippen molar-refractivity contribution in [1.29, 1.82) is 0 Å². The molecule has 0 heterocycles. The van der Waals surface area contributed by atoms with Crippen LogP contribution >= 0.6 is 11.6 Å². The van der Waals surface area contributed by atoms with E-state index in [1.54, 1.807) is 0 Å². The van der Waals surface area contributed by atoms with Crippen LogP contribution < -0.4 is 9.62 Å². The third-order valence-corrected chi connectivity index (χ3v) is 7.67. The van der Waals surface area contributed by atoms with Gasteiger partial charge in [-0.1, -0.05) is 36.7 Å². The molecule has 0 radical (unpaired) electrons. The van der Waals surface area contributed by atoms with Gasteiger partial charge in [0.05, 0.1) is 28.6 Å². The molecule has 0 saturated heterocycles. The number of aryl methyl sites for hydroxylation is 2. The monoisotopic (exact) mass is 516 g/mol. The first-order valence-electron chi connectivity index (χ1n) is 11.1. The number of hydrogen-bond acceptors (Lipinski definition) is 3. The van der Waals surface area contributed by atoms with Crippen LogP contribution in [0, 0.1) is 0 Å². The molecule has 0 aromatic heterocycles. The Morgan fingerprint density at radius 3 is 2.35 bits per heavy atom. The Kier molecular flexibility index (Phi) is 7.87. The maximum Gasteiger partial charge on any atom is 0.417 e. The lowest BCUT2D eigenvalue weighted by molar-refractivity contribution is -0.137. The summed E-state index contributed by atoms with van der Waals surface area (Å²) in [5, 5.41) is 2.32. The molecule has 1 amide bonds. The Labute approximate surface area is 203 Å². The molecule has 34 heavy (non-hydrogen) atoms. The Hall–Kier alpha value is -2.26. The van der Waals surface area contributed by atoms with E-state index in [2.05, 4.69) is 17.4 Å². The van der Waals surface area contributed by atoms with Crippen molar-refractivity contribution in [3.8, 4) is 0 Å². The van der Waals surface area contributed by atoms with Crippen LogP contribution in [0.2, 0.25) is 5.02 Å². The molecule has 186 valence electrons.